The van der Waals surface area contributed by atoms with Gasteiger partial charge in [0.1, 0.15) is 42.4 Å². The summed E-state index contributed by atoms with van der Waals surface area (Å²) in [5.41, 5.74) is -2.90. The lowest BCUT2D eigenvalue weighted by atomic mass is 9.85. The van der Waals surface area contributed by atoms with E-state index in [0.717, 1.165) is 51.4 Å². The molecule has 1 rings (SSSR count). The maximum absolute atomic E-state index is 13.4. The second kappa shape index (κ2) is 32.0. The van der Waals surface area contributed by atoms with Gasteiger partial charge in [-0.25, -0.2) is 4.57 Å². The second-order valence-electron chi connectivity index (χ2n) is 16.7. The molecule has 0 saturated heterocycles. The van der Waals surface area contributed by atoms with Crippen molar-refractivity contribution in [3.63, 3.8) is 0 Å². The van der Waals surface area contributed by atoms with E-state index >= 15 is 0 Å². The maximum Gasteiger partial charge on any atom is 0.475 e. The molecular weight excluding hydrogens is 755 g/mol. The van der Waals surface area contributed by atoms with Crippen molar-refractivity contribution in [2.45, 2.75) is 261 Å². The van der Waals surface area contributed by atoms with Gasteiger partial charge in [0, 0.05) is 19.3 Å². The third-order valence-electron chi connectivity index (χ3n) is 11.5. The molecule has 13 nitrogen and oxygen atoms in total. The zero-order valence-electron chi connectivity index (χ0n) is 35.5. The minimum Gasteiger partial charge on any atom is -0.387 e. The molecule has 57 heavy (non-hydrogen) atoms. The van der Waals surface area contributed by atoms with E-state index in [1.165, 1.54) is 109 Å². The summed E-state index contributed by atoms with van der Waals surface area (Å²) in [4.78, 5) is 36.9. The van der Waals surface area contributed by atoms with Crippen molar-refractivity contribution >= 4 is 19.4 Å². The molecule has 0 aliphatic heterocycles. The number of carbonyl (C=O) groups is 2. The van der Waals surface area contributed by atoms with Crippen LogP contribution in [0.5, 0.6) is 0 Å². The Morgan fingerprint density at radius 2 is 0.825 bits per heavy atom. The fraction of sp³-hybridized carbons (Fsp3) is 0.953. The lowest BCUT2D eigenvalue weighted by Crippen LogP contribution is -2.64. The number of aliphatic hydroxyl groups excluding tert-OH is 6. The van der Waals surface area contributed by atoms with Crippen LogP contribution in [-0.4, -0.2) is 101 Å². The maximum atomic E-state index is 13.4. The molecule has 338 valence electrons. The Kier molecular flexibility index (Phi) is 30.4. The molecule has 0 aromatic rings. The van der Waals surface area contributed by atoms with E-state index in [2.05, 4.69) is 13.8 Å². The Morgan fingerprint density at radius 1 is 0.526 bits per heavy atom. The number of hydrogen-bond acceptors (Lipinski definition) is 12. The van der Waals surface area contributed by atoms with Gasteiger partial charge in [0.2, 0.25) is 6.29 Å². The van der Waals surface area contributed by atoms with Gasteiger partial charge < -0.3 is 40.6 Å². The molecule has 0 amide bonds. The van der Waals surface area contributed by atoms with E-state index < -0.39 is 74.3 Å². The van der Waals surface area contributed by atoms with Gasteiger partial charge in [-0.05, 0) is 12.8 Å². The molecule has 0 bridgehead atoms. The third kappa shape index (κ3) is 23.1. The van der Waals surface area contributed by atoms with E-state index in [1.807, 2.05) is 0 Å². The summed E-state index contributed by atoms with van der Waals surface area (Å²) in [6, 6.07) is 0. The highest BCUT2D eigenvalue weighted by Crippen LogP contribution is 2.49. The third-order valence-corrected chi connectivity index (χ3v) is 12.5. The summed E-state index contributed by atoms with van der Waals surface area (Å²) in [6.07, 6.45) is 14.7. The molecule has 14 heteroatoms. The molecule has 7 unspecified atom stereocenters. The number of unbranched alkanes of at least 4 members (excludes halogenated alkanes) is 26. The first-order valence-electron chi connectivity index (χ1n) is 22.8. The molecule has 1 fully saturated rings. The lowest BCUT2D eigenvalue weighted by molar-refractivity contribution is -0.225. The minimum atomic E-state index is -5.56. The number of phosphoric acid groups is 1. The Morgan fingerprint density at radius 3 is 1.18 bits per heavy atom. The van der Waals surface area contributed by atoms with E-state index in [9.17, 15) is 54.8 Å². The molecular formula is C43H83O13P. The van der Waals surface area contributed by atoms with E-state index in [-0.39, 0.29) is 12.8 Å². The molecule has 0 aromatic carbocycles. The second-order valence-corrected chi connectivity index (χ2v) is 18.1. The molecule has 7 atom stereocenters. The predicted molar refractivity (Wildman–Crippen MR) is 221 cm³/mol. The van der Waals surface area contributed by atoms with Crippen molar-refractivity contribution < 1.29 is 63.8 Å². The highest BCUT2D eigenvalue weighted by molar-refractivity contribution is 7.47. The standard InChI is InChI=1S/C43H83O13P/c1-3-5-7-9-11-13-15-17-18-20-21-23-25-27-29-31-34(44)33-43(52,35(45)32-30-28-26-24-22-19-16-14-12-10-8-6-4-2)42(51)56-57(53,54)55-41-39(49)37(47)36(46)38(48)40(41)50/h36-42,46-52H,3-33H2,1-2H3,(H,53,54). The first-order valence-corrected chi connectivity index (χ1v) is 24.3. The predicted octanol–water partition coefficient (Wildman–Crippen LogP) is 7.63. The quantitative estimate of drug-likeness (QED) is 0.0170. The summed E-state index contributed by atoms with van der Waals surface area (Å²) < 4.78 is 22.5. The number of ketones is 2. The number of aliphatic hydroxyl groups is 7. The van der Waals surface area contributed by atoms with Crippen LogP contribution in [0.4, 0.5) is 0 Å². The van der Waals surface area contributed by atoms with Crippen LogP contribution in [0, 0.1) is 0 Å². The molecule has 0 aromatic heterocycles. The first-order chi connectivity index (χ1) is 27.2. The van der Waals surface area contributed by atoms with Crippen molar-refractivity contribution in [3.05, 3.63) is 0 Å². The summed E-state index contributed by atoms with van der Waals surface area (Å²) in [7, 11) is -5.56. The number of hydrogen-bond donors (Lipinski definition) is 8. The smallest absolute Gasteiger partial charge is 0.387 e. The Balaban J connectivity index is 2.64. The zero-order chi connectivity index (χ0) is 42.5. The van der Waals surface area contributed by atoms with Gasteiger partial charge in [-0.1, -0.05) is 181 Å². The first kappa shape index (κ1) is 54.2. The van der Waals surface area contributed by atoms with Crippen molar-refractivity contribution in [2.75, 3.05) is 0 Å². The average molecular weight is 839 g/mol. The number of Topliss-reactive ketones (excluding diaryl/α,β-unsaturated/α-hetero) is 2. The molecule has 1 aliphatic carbocycles. The normalized spacial score (nSPS) is 23.9. The SMILES string of the molecule is CCCCCCCCCCCCCCCCCC(=O)CC(O)(C(=O)CCCCCCCCCCCCCCC)C(O)OP(=O)(O)OC1C(O)C(O)C(O)C(O)C1O. The summed E-state index contributed by atoms with van der Waals surface area (Å²) >= 11 is 0. The summed E-state index contributed by atoms with van der Waals surface area (Å²) in [5, 5.41) is 72.6. The Hall–Kier alpha value is -0.830. The molecule has 0 spiro atoms. The Bertz CT molecular complexity index is 1060. The fourth-order valence-corrected chi connectivity index (χ4v) is 8.67. The van der Waals surface area contributed by atoms with Crippen molar-refractivity contribution in [2.24, 2.45) is 0 Å². The molecule has 8 N–H and O–H groups in total. The van der Waals surface area contributed by atoms with Crippen molar-refractivity contribution in [1.82, 2.24) is 0 Å². The van der Waals surface area contributed by atoms with Gasteiger partial charge in [-0.2, -0.15) is 0 Å². The van der Waals surface area contributed by atoms with Crippen LogP contribution >= 0.6 is 7.82 Å². The zero-order valence-corrected chi connectivity index (χ0v) is 36.4. The number of carbonyl (C=O) groups excluding carboxylic acids is 2. The fourth-order valence-electron chi connectivity index (χ4n) is 7.64. The highest BCUT2D eigenvalue weighted by atomic mass is 31.2. The molecule has 0 heterocycles. The molecule has 0 radical (unpaired) electrons. The van der Waals surface area contributed by atoms with Crippen LogP contribution in [0.1, 0.15) is 213 Å². The van der Waals surface area contributed by atoms with Crippen LogP contribution in [-0.2, 0) is 23.2 Å². The molecule has 1 saturated carbocycles. The van der Waals surface area contributed by atoms with E-state index in [0.29, 0.717) is 19.3 Å². The van der Waals surface area contributed by atoms with Gasteiger partial charge in [-0.15, -0.1) is 0 Å². The van der Waals surface area contributed by atoms with Crippen LogP contribution in [0.2, 0.25) is 0 Å². The van der Waals surface area contributed by atoms with E-state index in [1.54, 1.807) is 0 Å². The largest absolute Gasteiger partial charge is 0.475 e. The van der Waals surface area contributed by atoms with E-state index in [4.69, 9.17) is 9.05 Å². The van der Waals surface area contributed by atoms with Crippen LogP contribution < -0.4 is 0 Å². The van der Waals surface area contributed by atoms with Crippen LogP contribution in [0.15, 0.2) is 0 Å². The topological polar surface area (TPSA) is 232 Å². The van der Waals surface area contributed by atoms with Crippen molar-refractivity contribution in [1.29, 1.82) is 0 Å². The summed E-state index contributed by atoms with van der Waals surface area (Å²) in [5.74, 6) is -1.49. The monoisotopic (exact) mass is 839 g/mol. The highest BCUT2D eigenvalue weighted by Gasteiger charge is 2.53. The number of rotatable bonds is 38. The average Bonchev–Trinajstić information content (AvgIpc) is 3.17. The van der Waals surface area contributed by atoms with Crippen LogP contribution in [0.25, 0.3) is 0 Å². The Labute approximate surface area is 344 Å². The number of phosphoric ester groups is 1. The minimum absolute atomic E-state index is 0.0190. The van der Waals surface area contributed by atoms with Gasteiger partial charge in [0.05, 0.1) is 0 Å². The van der Waals surface area contributed by atoms with Gasteiger partial charge >= 0.3 is 7.82 Å². The van der Waals surface area contributed by atoms with Crippen LogP contribution in [0.3, 0.4) is 0 Å². The van der Waals surface area contributed by atoms with Gasteiger partial charge in [-0.3, -0.25) is 18.6 Å². The lowest BCUT2D eigenvalue weighted by Gasteiger charge is -2.41. The summed E-state index contributed by atoms with van der Waals surface area (Å²) in [6.45, 7) is 4.44. The van der Waals surface area contributed by atoms with Crippen molar-refractivity contribution in [3.8, 4) is 0 Å². The molecule has 1 aliphatic rings. The van der Waals surface area contributed by atoms with Gasteiger partial charge in [0.15, 0.2) is 11.4 Å². The van der Waals surface area contributed by atoms with Gasteiger partial charge in [0.25, 0.3) is 0 Å².